The monoisotopic (exact) mass is 426 g/mol. The molecule has 2 heteroatoms. The summed E-state index contributed by atoms with van der Waals surface area (Å²) >= 11 is 0. The Morgan fingerprint density at radius 3 is 1.17 bits per heavy atom. The normalized spacial score (nSPS) is 12.2. The second kappa shape index (κ2) is 10.7. The van der Waals surface area contributed by atoms with E-state index in [4.69, 9.17) is 0 Å². The standard InChI is InChI=1S/C28H28P2/c1-2-24(30(27-19-11-5-12-20-27)28-21-13-6-14-22-28)23-29(25-15-7-3-8-16-25)26-17-9-4-10-18-26/h3-22,24H,2,23H2,1H3/t24-/m0/s1. The molecule has 0 aliphatic heterocycles. The summed E-state index contributed by atoms with van der Waals surface area (Å²) < 4.78 is 0. The van der Waals surface area contributed by atoms with Crippen LogP contribution in [-0.2, 0) is 0 Å². The van der Waals surface area contributed by atoms with Gasteiger partial charge in [0.05, 0.1) is 0 Å². The molecule has 0 saturated heterocycles. The van der Waals surface area contributed by atoms with Crippen molar-refractivity contribution in [2.24, 2.45) is 0 Å². The van der Waals surface area contributed by atoms with E-state index in [1.165, 1.54) is 33.8 Å². The third kappa shape index (κ3) is 5.07. The molecule has 0 heterocycles. The first-order valence-corrected chi connectivity index (χ1v) is 13.6. The molecule has 0 aliphatic carbocycles. The highest BCUT2D eigenvalue weighted by Gasteiger charge is 2.27. The molecule has 0 amide bonds. The summed E-state index contributed by atoms with van der Waals surface area (Å²) in [6, 6.07) is 44.6. The maximum Gasteiger partial charge on any atom is -0.00861 e. The van der Waals surface area contributed by atoms with Gasteiger partial charge in [0.2, 0.25) is 0 Å². The summed E-state index contributed by atoms with van der Waals surface area (Å²) in [5.74, 6) is 0. The van der Waals surface area contributed by atoms with E-state index >= 15 is 0 Å². The zero-order valence-electron chi connectivity index (χ0n) is 17.4. The van der Waals surface area contributed by atoms with Crippen molar-refractivity contribution in [3.05, 3.63) is 121 Å². The first kappa shape index (κ1) is 21.0. The smallest absolute Gasteiger partial charge is 0.00861 e. The summed E-state index contributed by atoms with van der Waals surface area (Å²) in [7, 11) is -0.804. The second-order valence-corrected chi connectivity index (χ2v) is 12.1. The third-order valence-electron chi connectivity index (χ3n) is 5.43. The minimum Gasteiger partial charge on any atom is -0.0647 e. The molecule has 0 unspecified atom stereocenters. The largest absolute Gasteiger partial charge is 0.0647 e. The van der Waals surface area contributed by atoms with Crippen molar-refractivity contribution in [2.75, 3.05) is 6.16 Å². The van der Waals surface area contributed by atoms with E-state index in [-0.39, 0.29) is 0 Å². The average molecular weight is 426 g/mol. The van der Waals surface area contributed by atoms with Gasteiger partial charge in [-0.2, -0.15) is 0 Å². The quantitative estimate of drug-likeness (QED) is 0.302. The predicted molar refractivity (Wildman–Crippen MR) is 137 cm³/mol. The van der Waals surface area contributed by atoms with E-state index in [2.05, 4.69) is 128 Å². The van der Waals surface area contributed by atoms with Crippen LogP contribution in [0, 0.1) is 0 Å². The van der Waals surface area contributed by atoms with Crippen LogP contribution in [0.4, 0.5) is 0 Å². The Labute approximate surface area is 183 Å². The van der Waals surface area contributed by atoms with Gasteiger partial charge in [-0.3, -0.25) is 0 Å². The molecule has 1 atom stereocenters. The fourth-order valence-electron chi connectivity index (χ4n) is 3.93. The van der Waals surface area contributed by atoms with Gasteiger partial charge in [-0.05, 0) is 55.3 Å². The Hall–Kier alpha value is -2.26. The molecule has 0 fully saturated rings. The van der Waals surface area contributed by atoms with Gasteiger partial charge in [-0.25, -0.2) is 0 Å². The lowest BCUT2D eigenvalue weighted by molar-refractivity contribution is 0.906. The van der Waals surface area contributed by atoms with E-state index in [0.29, 0.717) is 5.66 Å². The maximum absolute atomic E-state index is 2.37. The van der Waals surface area contributed by atoms with Crippen molar-refractivity contribution in [1.29, 1.82) is 0 Å². The van der Waals surface area contributed by atoms with Crippen LogP contribution < -0.4 is 21.2 Å². The summed E-state index contributed by atoms with van der Waals surface area (Å²) in [5.41, 5.74) is 0.635. The van der Waals surface area contributed by atoms with Gasteiger partial charge in [-0.1, -0.05) is 128 Å². The van der Waals surface area contributed by atoms with Crippen LogP contribution in [0.2, 0.25) is 0 Å². The lowest BCUT2D eigenvalue weighted by Gasteiger charge is -2.31. The van der Waals surface area contributed by atoms with Crippen molar-refractivity contribution in [3.8, 4) is 0 Å². The van der Waals surface area contributed by atoms with E-state index < -0.39 is 15.8 Å². The van der Waals surface area contributed by atoms with Gasteiger partial charge in [0.25, 0.3) is 0 Å². The molecule has 150 valence electrons. The van der Waals surface area contributed by atoms with Gasteiger partial charge in [-0.15, -0.1) is 0 Å². The molecule has 4 aromatic carbocycles. The molecular weight excluding hydrogens is 398 g/mol. The average Bonchev–Trinajstić information content (AvgIpc) is 2.84. The highest BCUT2D eigenvalue weighted by Crippen LogP contribution is 2.47. The summed E-state index contributed by atoms with van der Waals surface area (Å²) in [6.45, 7) is 2.37. The SMILES string of the molecule is CC[C@@H](CP(c1ccccc1)c1ccccc1)P(c1ccccc1)c1ccccc1. The van der Waals surface area contributed by atoms with Gasteiger partial charge in [0.15, 0.2) is 0 Å². The second-order valence-electron chi connectivity index (χ2n) is 7.38. The van der Waals surface area contributed by atoms with Crippen LogP contribution in [-0.4, -0.2) is 11.8 Å². The Kier molecular flexibility index (Phi) is 7.47. The van der Waals surface area contributed by atoms with Crippen molar-refractivity contribution in [1.82, 2.24) is 0 Å². The van der Waals surface area contributed by atoms with Crippen molar-refractivity contribution < 1.29 is 0 Å². The molecule has 30 heavy (non-hydrogen) atoms. The van der Waals surface area contributed by atoms with Crippen LogP contribution >= 0.6 is 15.8 Å². The minimum atomic E-state index is -0.411. The summed E-state index contributed by atoms with van der Waals surface area (Å²) in [5, 5.41) is 5.93. The molecule has 0 aliphatic rings. The van der Waals surface area contributed by atoms with Gasteiger partial charge >= 0.3 is 0 Å². The van der Waals surface area contributed by atoms with Crippen LogP contribution in [0.5, 0.6) is 0 Å². The van der Waals surface area contributed by atoms with Crippen LogP contribution in [0.1, 0.15) is 13.3 Å². The van der Waals surface area contributed by atoms with Gasteiger partial charge < -0.3 is 0 Å². The number of hydrogen-bond donors (Lipinski definition) is 0. The summed E-state index contributed by atoms with van der Waals surface area (Å²) in [6.07, 6.45) is 2.41. The lowest BCUT2D eigenvalue weighted by atomic mass is 10.3. The molecule has 0 aromatic heterocycles. The zero-order chi connectivity index (χ0) is 20.6. The number of hydrogen-bond acceptors (Lipinski definition) is 0. The molecule has 0 saturated carbocycles. The van der Waals surface area contributed by atoms with E-state index in [0.717, 1.165) is 0 Å². The molecule has 0 radical (unpaired) electrons. The Morgan fingerprint density at radius 2 is 0.833 bits per heavy atom. The number of benzene rings is 4. The van der Waals surface area contributed by atoms with Crippen molar-refractivity contribution in [2.45, 2.75) is 19.0 Å². The minimum absolute atomic E-state index is 0.393. The molecule has 0 spiro atoms. The van der Waals surface area contributed by atoms with Gasteiger partial charge in [0, 0.05) is 0 Å². The van der Waals surface area contributed by atoms with Crippen LogP contribution in [0.3, 0.4) is 0 Å². The van der Waals surface area contributed by atoms with Crippen molar-refractivity contribution in [3.63, 3.8) is 0 Å². The highest BCUT2D eigenvalue weighted by atomic mass is 31.1. The fourth-order valence-corrected chi connectivity index (χ4v) is 10.0. The Balaban J connectivity index is 1.74. The summed E-state index contributed by atoms with van der Waals surface area (Å²) in [4.78, 5) is 0. The highest BCUT2D eigenvalue weighted by molar-refractivity contribution is 7.77. The third-order valence-corrected chi connectivity index (χ3v) is 11.4. The Morgan fingerprint density at radius 1 is 0.500 bits per heavy atom. The molecule has 0 N–H and O–H groups in total. The molecule has 4 aromatic rings. The predicted octanol–water partition coefficient (Wildman–Crippen LogP) is 6.03. The molecule has 0 nitrogen and oxygen atoms in total. The zero-order valence-corrected chi connectivity index (χ0v) is 19.2. The van der Waals surface area contributed by atoms with Gasteiger partial charge in [0.1, 0.15) is 0 Å². The number of rotatable bonds is 8. The first-order chi connectivity index (χ1) is 14.9. The van der Waals surface area contributed by atoms with E-state index in [9.17, 15) is 0 Å². The molecule has 0 bridgehead atoms. The topological polar surface area (TPSA) is 0 Å². The van der Waals surface area contributed by atoms with E-state index in [1.807, 2.05) is 0 Å². The Bertz CT molecular complexity index is 922. The van der Waals surface area contributed by atoms with Crippen LogP contribution in [0.15, 0.2) is 121 Å². The molecular formula is C28H28P2. The van der Waals surface area contributed by atoms with Crippen LogP contribution in [0.25, 0.3) is 0 Å². The maximum atomic E-state index is 2.37. The van der Waals surface area contributed by atoms with E-state index in [1.54, 1.807) is 0 Å². The van der Waals surface area contributed by atoms with Crippen molar-refractivity contribution >= 4 is 37.1 Å². The molecule has 4 rings (SSSR count). The first-order valence-electron chi connectivity index (χ1n) is 10.6. The lowest BCUT2D eigenvalue weighted by Crippen LogP contribution is -2.27. The fraction of sp³-hybridized carbons (Fsp3) is 0.143.